The lowest BCUT2D eigenvalue weighted by Crippen LogP contribution is -2.48. The predicted octanol–water partition coefficient (Wildman–Crippen LogP) is 3.02. The van der Waals surface area contributed by atoms with Gasteiger partial charge in [0.25, 0.3) is 10.0 Å². The Morgan fingerprint density at radius 1 is 1.15 bits per heavy atom. The zero-order chi connectivity index (χ0) is 24.3. The third-order valence-electron chi connectivity index (χ3n) is 6.51. The molecule has 8 nitrogen and oxygen atoms in total. The number of likely N-dealkylation sites (tertiary alicyclic amines) is 1. The van der Waals surface area contributed by atoms with Crippen LogP contribution in [0.1, 0.15) is 38.7 Å². The summed E-state index contributed by atoms with van der Waals surface area (Å²) in [5, 5.41) is 2.93. The molecular formula is C25H30N4O4S. The van der Waals surface area contributed by atoms with Crippen LogP contribution in [0.15, 0.2) is 64.5 Å². The Balaban J connectivity index is 1.54. The van der Waals surface area contributed by atoms with Gasteiger partial charge in [-0.1, -0.05) is 50.6 Å². The number of carbonyl (C=O) groups excluding carboxylic acids is 2. The van der Waals surface area contributed by atoms with Crippen molar-refractivity contribution >= 4 is 33.4 Å². The van der Waals surface area contributed by atoms with Crippen LogP contribution < -0.4 is 10.0 Å². The molecule has 2 amide bonds. The normalized spacial score (nSPS) is 21.9. The maximum atomic E-state index is 13.6. The Hall–Kier alpha value is -3.20. The van der Waals surface area contributed by atoms with Crippen molar-refractivity contribution in [1.29, 1.82) is 0 Å². The number of nitrogens with one attached hydrogen (secondary N) is 2. The number of rotatable bonds is 6. The van der Waals surface area contributed by atoms with Crippen LogP contribution >= 0.6 is 0 Å². The predicted molar refractivity (Wildman–Crippen MR) is 131 cm³/mol. The first-order chi connectivity index (χ1) is 16.3. The van der Waals surface area contributed by atoms with E-state index in [1.807, 2.05) is 44.2 Å². The second-order valence-electron chi connectivity index (χ2n) is 8.89. The molecule has 0 bridgehead atoms. The summed E-state index contributed by atoms with van der Waals surface area (Å²) in [6, 6.07) is 15.1. The van der Waals surface area contributed by atoms with Gasteiger partial charge in [0.15, 0.2) is 0 Å². The van der Waals surface area contributed by atoms with Gasteiger partial charge in [-0.15, -0.1) is 0 Å². The summed E-state index contributed by atoms with van der Waals surface area (Å²) >= 11 is 0. The fourth-order valence-corrected chi connectivity index (χ4v) is 5.60. The highest BCUT2D eigenvalue weighted by atomic mass is 32.2. The maximum absolute atomic E-state index is 13.6. The average Bonchev–Trinajstić information content (AvgIpc) is 3.12. The van der Waals surface area contributed by atoms with Crippen LogP contribution in [0.5, 0.6) is 0 Å². The number of amides is 2. The molecule has 2 heterocycles. The average molecular weight is 483 g/mol. The molecule has 2 aliphatic heterocycles. The van der Waals surface area contributed by atoms with Crippen LogP contribution in [0.3, 0.4) is 0 Å². The van der Waals surface area contributed by atoms with Crippen molar-refractivity contribution in [2.45, 2.75) is 44.0 Å². The number of para-hydroxylation sites is 1. The van der Waals surface area contributed by atoms with Crippen LogP contribution in [0, 0.1) is 11.8 Å². The third-order valence-corrected chi connectivity index (χ3v) is 7.91. The molecule has 2 aromatic rings. The first-order valence-electron chi connectivity index (χ1n) is 11.6. The van der Waals surface area contributed by atoms with Crippen molar-refractivity contribution in [2.24, 2.45) is 16.8 Å². The van der Waals surface area contributed by atoms with E-state index in [2.05, 4.69) is 15.0 Å². The minimum absolute atomic E-state index is 0.101. The van der Waals surface area contributed by atoms with Gasteiger partial charge in [0.2, 0.25) is 11.8 Å². The minimum atomic E-state index is -3.69. The number of amidine groups is 1. The quantitative estimate of drug-likeness (QED) is 0.660. The lowest BCUT2D eigenvalue weighted by Gasteiger charge is -2.34. The van der Waals surface area contributed by atoms with E-state index in [9.17, 15) is 18.0 Å². The second kappa shape index (κ2) is 9.97. The molecule has 2 N–H and O–H groups in total. The number of piperidine rings is 1. The number of hydrogen-bond donors (Lipinski definition) is 2. The van der Waals surface area contributed by atoms with Crippen LogP contribution in [-0.4, -0.2) is 50.1 Å². The number of aliphatic imine (C=N–C) groups is 1. The lowest BCUT2D eigenvalue weighted by molar-refractivity contribution is -0.136. The molecular weight excluding hydrogens is 452 g/mol. The molecule has 1 unspecified atom stereocenters. The zero-order valence-electron chi connectivity index (χ0n) is 19.4. The van der Waals surface area contributed by atoms with E-state index in [1.54, 1.807) is 23.1 Å². The molecule has 0 aromatic heterocycles. The molecule has 180 valence electrons. The van der Waals surface area contributed by atoms with Gasteiger partial charge in [0.05, 0.1) is 10.8 Å². The van der Waals surface area contributed by atoms with Crippen molar-refractivity contribution in [3.05, 3.63) is 60.2 Å². The number of carbonyl (C=O) groups is 2. The van der Waals surface area contributed by atoms with Crippen LogP contribution in [0.25, 0.3) is 0 Å². The largest absolute Gasteiger partial charge is 0.340 e. The molecule has 1 saturated heterocycles. The summed E-state index contributed by atoms with van der Waals surface area (Å²) in [7, 11) is -3.69. The van der Waals surface area contributed by atoms with E-state index in [0.717, 1.165) is 12.1 Å². The van der Waals surface area contributed by atoms with Crippen molar-refractivity contribution in [3.63, 3.8) is 0 Å². The number of sulfonamides is 1. The third kappa shape index (κ3) is 4.99. The van der Waals surface area contributed by atoms with Gasteiger partial charge in [-0.25, -0.2) is 8.42 Å². The Morgan fingerprint density at radius 2 is 1.85 bits per heavy atom. The van der Waals surface area contributed by atoms with Gasteiger partial charge in [0.1, 0.15) is 11.9 Å². The molecule has 0 spiro atoms. The van der Waals surface area contributed by atoms with Crippen LogP contribution in [-0.2, 0) is 19.6 Å². The van der Waals surface area contributed by atoms with Gasteiger partial charge < -0.3 is 10.2 Å². The van der Waals surface area contributed by atoms with Crippen molar-refractivity contribution in [3.8, 4) is 0 Å². The standard InChI is InChI=1S/C25H30N4O4S/c1-3-17(2)22(27-23-20-13-7-8-14-21(20)34(32,33)28-23)25(31)29-15-9-10-18(16-29)24(30)26-19-11-5-4-6-12-19/h4-8,11-14,17-18,22H,3,9-10,15-16H2,1-2H3,(H,26,30)(H,27,28)/t17-,18?,22-/m0/s1. The topological polar surface area (TPSA) is 108 Å². The molecule has 2 aliphatic rings. The SMILES string of the molecule is CC[C@H](C)[C@H](N=C1NS(=O)(=O)c2ccccc21)C(=O)N1CCCC(C(=O)Nc2ccccc2)C1. The van der Waals surface area contributed by atoms with Crippen molar-refractivity contribution < 1.29 is 18.0 Å². The monoisotopic (exact) mass is 482 g/mol. The fraction of sp³-hybridized carbons (Fsp3) is 0.400. The zero-order valence-corrected chi connectivity index (χ0v) is 20.2. The number of nitrogens with zero attached hydrogens (tertiary/aromatic N) is 2. The van der Waals surface area contributed by atoms with E-state index in [-0.39, 0.29) is 34.4 Å². The highest BCUT2D eigenvalue weighted by molar-refractivity contribution is 7.90. The molecule has 34 heavy (non-hydrogen) atoms. The summed E-state index contributed by atoms with van der Waals surface area (Å²) in [6.07, 6.45) is 2.13. The number of hydrogen-bond acceptors (Lipinski definition) is 5. The van der Waals surface area contributed by atoms with E-state index >= 15 is 0 Å². The minimum Gasteiger partial charge on any atom is -0.340 e. The molecule has 0 aliphatic carbocycles. The highest BCUT2D eigenvalue weighted by Gasteiger charge is 2.36. The summed E-state index contributed by atoms with van der Waals surface area (Å²) in [6.45, 7) is 4.78. The van der Waals surface area contributed by atoms with Gasteiger partial charge in [-0.3, -0.25) is 19.3 Å². The molecule has 4 rings (SSSR count). The van der Waals surface area contributed by atoms with E-state index in [1.165, 1.54) is 6.07 Å². The fourth-order valence-electron chi connectivity index (χ4n) is 4.36. The van der Waals surface area contributed by atoms with Gasteiger partial charge in [-0.2, -0.15) is 0 Å². The van der Waals surface area contributed by atoms with Gasteiger partial charge in [-0.05, 0) is 43.0 Å². The van der Waals surface area contributed by atoms with Gasteiger partial charge >= 0.3 is 0 Å². The van der Waals surface area contributed by atoms with Crippen molar-refractivity contribution in [2.75, 3.05) is 18.4 Å². The number of fused-ring (bicyclic) bond motifs is 1. The summed E-state index contributed by atoms with van der Waals surface area (Å²) in [4.78, 5) is 32.9. The second-order valence-corrected chi connectivity index (χ2v) is 10.5. The Morgan fingerprint density at radius 3 is 2.59 bits per heavy atom. The smallest absolute Gasteiger partial charge is 0.263 e. The van der Waals surface area contributed by atoms with Crippen LogP contribution in [0.4, 0.5) is 5.69 Å². The Kier molecular flexibility index (Phi) is 7.02. The number of benzene rings is 2. The summed E-state index contributed by atoms with van der Waals surface area (Å²) in [5.41, 5.74) is 1.20. The van der Waals surface area contributed by atoms with E-state index in [0.29, 0.717) is 31.5 Å². The van der Waals surface area contributed by atoms with Crippen molar-refractivity contribution in [1.82, 2.24) is 9.62 Å². The van der Waals surface area contributed by atoms with Gasteiger partial charge in [0, 0.05) is 24.3 Å². The summed E-state index contributed by atoms with van der Waals surface area (Å²) < 4.78 is 27.5. The lowest BCUT2D eigenvalue weighted by atomic mass is 9.93. The Labute approximate surface area is 200 Å². The molecule has 0 saturated carbocycles. The van der Waals surface area contributed by atoms with E-state index in [4.69, 9.17) is 0 Å². The van der Waals surface area contributed by atoms with E-state index < -0.39 is 16.1 Å². The molecule has 2 aromatic carbocycles. The molecule has 1 fully saturated rings. The molecule has 3 atom stereocenters. The van der Waals surface area contributed by atoms with Crippen LogP contribution in [0.2, 0.25) is 0 Å². The maximum Gasteiger partial charge on any atom is 0.263 e. The molecule has 0 radical (unpaired) electrons. The first kappa shape index (κ1) is 23.9. The highest BCUT2D eigenvalue weighted by Crippen LogP contribution is 2.26. The summed E-state index contributed by atoms with van der Waals surface area (Å²) in [5.74, 6) is -0.496. The Bertz CT molecular complexity index is 1200. The number of anilines is 1. The first-order valence-corrected chi connectivity index (χ1v) is 13.1. The molecule has 9 heteroatoms.